The first-order valence-electron chi connectivity index (χ1n) is 7.65. The second kappa shape index (κ2) is 5.89. The molecule has 1 aliphatic carbocycles. The third kappa shape index (κ3) is 2.90. The van der Waals surface area contributed by atoms with E-state index in [1.54, 1.807) is 6.20 Å². The van der Waals surface area contributed by atoms with Crippen LogP contribution >= 0.6 is 0 Å². The summed E-state index contributed by atoms with van der Waals surface area (Å²) < 4.78 is 2.03. The number of hydrogen-bond acceptors (Lipinski definition) is 2. The molecule has 0 saturated heterocycles. The van der Waals surface area contributed by atoms with E-state index < -0.39 is 0 Å². The Morgan fingerprint density at radius 1 is 1.42 bits per heavy atom. The summed E-state index contributed by atoms with van der Waals surface area (Å²) in [4.78, 5) is 17.3. The molecule has 3 nitrogen and oxygen atoms in total. The Bertz CT molecular complexity index is 428. The molecule has 1 fully saturated rings. The van der Waals surface area contributed by atoms with Gasteiger partial charge in [0.25, 0.3) is 0 Å². The fourth-order valence-corrected chi connectivity index (χ4v) is 3.53. The van der Waals surface area contributed by atoms with E-state index in [0.29, 0.717) is 11.7 Å². The zero-order valence-corrected chi connectivity index (χ0v) is 12.5. The van der Waals surface area contributed by atoms with Crippen LogP contribution in [-0.2, 0) is 6.54 Å². The molecule has 0 radical (unpaired) electrons. The van der Waals surface area contributed by atoms with Crippen LogP contribution in [0, 0.1) is 11.3 Å². The maximum absolute atomic E-state index is 13.0. The third-order valence-electron chi connectivity index (χ3n) is 4.22. The lowest BCUT2D eigenvalue weighted by atomic mass is 9.74. The Labute approximate surface area is 116 Å². The van der Waals surface area contributed by atoms with Gasteiger partial charge in [0.2, 0.25) is 5.78 Å². The lowest BCUT2D eigenvalue weighted by Gasteiger charge is -2.29. The highest BCUT2D eigenvalue weighted by molar-refractivity contribution is 5.97. The maximum Gasteiger partial charge on any atom is 0.204 e. The molecule has 1 aromatic rings. The van der Waals surface area contributed by atoms with E-state index >= 15 is 0 Å². The first kappa shape index (κ1) is 14.3. The van der Waals surface area contributed by atoms with Crippen LogP contribution in [0.15, 0.2) is 12.4 Å². The van der Waals surface area contributed by atoms with E-state index in [4.69, 9.17) is 0 Å². The summed E-state index contributed by atoms with van der Waals surface area (Å²) in [5.41, 5.74) is -0.134. The molecule has 0 spiro atoms. The lowest BCUT2D eigenvalue weighted by Crippen LogP contribution is -2.32. The van der Waals surface area contributed by atoms with Crippen molar-refractivity contribution in [2.75, 3.05) is 0 Å². The van der Waals surface area contributed by atoms with Gasteiger partial charge in [0.05, 0.1) is 0 Å². The van der Waals surface area contributed by atoms with Crippen molar-refractivity contribution in [3.63, 3.8) is 0 Å². The number of imidazole rings is 1. The van der Waals surface area contributed by atoms with Crippen molar-refractivity contribution in [1.29, 1.82) is 0 Å². The molecule has 106 valence electrons. The lowest BCUT2D eigenvalue weighted by molar-refractivity contribution is 0.0743. The van der Waals surface area contributed by atoms with E-state index in [2.05, 4.69) is 25.8 Å². The summed E-state index contributed by atoms with van der Waals surface area (Å²) in [6.07, 6.45) is 10.2. The smallest absolute Gasteiger partial charge is 0.204 e. The fourth-order valence-electron chi connectivity index (χ4n) is 3.53. The minimum Gasteiger partial charge on any atom is -0.329 e. The van der Waals surface area contributed by atoms with Crippen molar-refractivity contribution in [3.8, 4) is 0 Å². The predicted octanol–water partition coefficient (Wildman–Crippen LogP) is 4.08. The van der Waals surface area contributed by atoms with Gasteiger partial charge in [0, 0.05) is 24.4 Å². The van der Waals surface area contributed by atoms with Crippen LogP contribution in [0.2, 0.25) is 0 Å². The fraction of sp³-hybridized carbons (Fsp3) is 0.750. The Kier molecular flexibility index (Phi) is 4.43. The molecule has 0 aromatic carbocycles. The number of aromatic nitrogens is 2. The molecule has 1 aliphatic rings. The summed E-state index contributed by atoms with van der Waals surface area (Å²) in [5.74, 6) is 1.54. The summed E-state index contributed by atoms with van der Waals surface area (Å²) in [5, 5.41) is 0. The van der Waals surface area contributed by atoms with Gasteiger partial charge in [-0.25, -0.2) is 4.98 Å². The van der Waals surface area contributed by atoms with Gasteiger partial charge in [-0.05, 0) is 31.6 Å². The quantitative estimate of drug-likeness (QED) is 0.724. The number of nitrogens with zero attached hydrogens (tertiary/aromatic N) is 2. The molecule has 0 aliphatic heterocycles. The Hall–Kier alpha value is -1.12. The SMILES string of the molecule is CCCn1ccnc1C(=O)C1(CC(C)C)CCCC1. The van der Waals surface area contributed by atoms with Gasteiger partial charge < -0.3 is 4.57 Å². The molecule has 2 rings (SSSR count). The average Bonchev–Trinajstić information content (AvgIpc) is 2.98. The molecule has 0 bridgehead atoms. The summed E-state index contributed by atoms with van der Waals surface area (Å²) in [6, 6.07) is 0. The van der Waals surface area contributed by atoms with Crippen molar-refractivity contribution < 1.29 is 4.79 Å². The highest BCUT2D eigenvalue weighted by Gasteiger charge is 2.43. The Balaban J connectivity index is 2.26. The number of Topliss-reactive ketones (excluding diaryl/α,β-unsaturated/α-hetero) is 1. The van der Waals surface area contributed by atoms with Gasteiger partial charge >= 0.3 is 0 Å². The number of rotatable bonds is 6. The maximum atomic E-state index is 13.0. The zero-order valence-electron chi connectivity index (χ0n) is 12.5. The monoisotopic (exact) mass is 262 g/mol. The number of carbonyl (C=O) groups excluding carboxylic acids is 1. The third-order valence-corrected chi connectivity index (χ3v) is 4.22. The molecule has 1 heterocycles. The standard InChI is InChI=1S/C16H26N2O/c1-4-10-18-11-9-17-15(18)14(19)16(12-13(2)3)7-5-6-8-16/h9,11,13H,4-8,10,12H2,1-3H3. The number of ketones is 1. The molecule has 0 unspecified atom stereocenters. The Morgan fingerprint density at radius 3 is 2.68 bits per heavy atom. The molecule has 1 saturated carbocycles. The Morgan fingerprint density at radius 2 is 2.11 bits per heavy atom. The van der Waals surface area contributed by atoms with Crippen molar-refractivity contribution >= 4 is 5.78 Å². The van der Waals surface area contributed by atoms with Gasteiger partial charge in [-0.2, -0.15) is 0 Å². The molecule has 0 N–H and O–H groups in total. The first-order valence-corrected chi connectivity index (χ1v) is 7.65. The highest BCUT2D eigenvalue weighted by Crippen LogP contribution is 2.45. The number of hydrogen-bond donors (Lipinski definition) is 0. The first-order chi connectivity index (χ1) is 9.09. The van der Waals surface area contributed by atoms with Crippen LogP contribution in [0.5, 0.6) is 0 Å². The van der Waals surface area contributed by atoms with Crippen molar-refractivity contribution in [1.82, 2.24) is 9.55 Å². The highest BCUT2D eigenvalue weighted by atomic mass is 16.1. The largest absolute Gasteiger partial charge is 0.329 e. The summed E-state index contributed by atoms with van der Waals surface area (Å²) in [6.45, 7) is 7.45. The van der Waals surface area contributed by atoms with Crippen LogP contribution in [0.25, 0.3) is 0 Å². The average molecular weight is 262 g/mol. The molecule has 0 atom stereocenters. The van der Waals surface area contributed by atoms with Crippen LogP contribution in [0.4, 0.5) is 0 Å². The molecule has 1 aromatic heterocycles. The van der Waals surface area contributed by atoms with E-state index in [1.165, 1.54) is 12.8 Å². The zero-order chi connectivity index (χ0) is 13.9. The minimum absolute atomic E-state index is 0.134. The van der Waals surface area contributed by atoms with Crippen LogP contribution < -0.4 is 0 Å². The topological polar surface area (TPSA) is 34.9 Å². The second-order valence-corrected chi connectivity index (χ2v) is 6.36. The van der Waals surface area contributed by atoms with E-state index in [0.717, 1.165) is 32.2 Å². The molecule has 0 amide bonds. The summed E-state index contributed by atoms with van der Waals surface area (Å²) in [7, 11) is 0. The molecule has 3 heteroatoms. The number of carbonyl (C=O) groups is 1. The van der Waals surface area contributed by atoms with Crippen LogP contribution in [0.1, 0.15) is 69.9 Å². The van der Waals surface area contributed by atoms with Crippen LogP contribution in [0.3, 0.4) is 0 Å². The molecular formula is C16H26N2O. The van der Waals surface area contributed by atoms with E-state index in [9.17, 15) is 4.79 Å². The van der Waals surface area contributed by atoms with Crippen LogP contribution in [-0.4, -0.2) is 15.3 Å². The van der Waals surface area contributed by atoms with E-state index in [-0.39, 0.29) is 11.2 Å². The normalized spacial score (nSPS) is 18.1. The van der Waals surface area contributed by atoms with Crippen molar-refractivity contribution in [2.45, 2.75) is 65.8 Å². The van der Waals surface area contributed by atoms with Gasteiger partial charge in [-0.3, -0.25) is 4.79 Å². The van der Waals surface area contributed by atoms with E-state index in [1.807, 2.05) is 10.8 Å². The summed E-state index contributed by atoms with van der Waals surface area (Å²) >= 11 is 0. The van der Waals surface area contributed by atoms with Gasteiger partial charge in [0.1, 0.15) is 0 Å². The number of aryl methyl sites for hydroxylation is 1. The second-order valence-electron chi connectivity index (χ2n) is 6.36. The minimum atomic E-state index is -0.134. The van der Waals surface area contributed by atoms with Gasteiger partial charge in [0.15, 0.2) is 5.82 Å². The molecular weight excluding hydrogens is 236 g/mol. The van der Waals surface area contributed by atoms with Crippen molar-refractivity contribution in [3.05, 3.63) is 18.2 Å². The van der Waals surface area contributed by atoms with Gasteiger partial charge in [-0.15, -0.1) is 0 Å². The molecule has 19 heavy (non-hydrogen) atoms. The van der Waals surface area contributed by atoms with Gasteiger partial charge in [-0.1, -0.05) is 33.6 Å². The predicted molar refractivity (Wildman–Crippen MR) is 77.2 cm³/mol. The van der Waals surface area contributed by atoms with Crippen molar-refractivity contribution in [2.24, 2.45) is 11.3 Å².